The summed E-state index contributed by atoms with van der Waals surface area (Å²) in [5.41, 5.74) is 1.97. The van der Waals surface area contributed by atoms with Crippen molar-refractivity contribution in [3.05, 3.63) is 53.3 Å². The van der Waals surface area contributed by atoms with Crippen molar-refractivity contribution < 1.29 is 14.6 Å². The average molecular weight is 315 g/mol. The number of hydrogen-bond donors (Lipinski definition) is 2. The van der Waals surface area contributed by atoms with E-state index in [1.54, 1.807) is 17.2 Å². The highest BCUT2D eigenvalue weighted by Crippen LogP contribution is 2.25. The molecule has 0 spiro atoms. The smallest absolute Gasteiger partial charge is 0.272 e. The molecule has 3 rings (SSSR count). The highest BCUT2D eigenvalue weighted by molar-refractivity contribution is 5.92. The number of benzene rings is 1. The van der Waals surface area contributed by atoms with Gasteiger partial charge in [-0.2, -0.15) is 5.10 Å². The van der Waals surface area contributed by atoms with Crippen molar-refractivity contribution in [3.8, 4) is 0 Å². The molecular weight excluding hydrogens is 294 g/mol. The Hall–Kier alpha value is -2.18. The van der Waals surface area contributed by atoms with Gasteiger partial charge in [0.25, 0.3) is 5.91 Å². The van der Waals surface area contributed by atoms with Crippen LogP contribution in [-0.2, 0) is 11.2 Å². The van der Waals surface area contributed by atoms with Crippen LogP contribution in [0.15, 0.2) is 36.5 Å². The Bertz CT molecular complexity index is 671. The number of rotatable bonds is 4. The molecule has 1 aliphatic rings. The zero-order chi connectivity index (χ0) is 16.3. The molecule has 0 bridgehead atoms. The number of aryl methyl sites for hydroxylation is 1. The molecule has 6 nitrogen and oxygen atoms in total. The van der Waals surface area contributed by atoms with Crippen LogP contribution >= 0.6 is 0 Å². The minimum atomic E-state index is -0.764. The van der Waals surface area contributed by atoms with E-state index in [2.05, 4.69) is 10.2 Å². The molecule has 6 heteroatoms. The third kappa shape index (κ3) is 3.28. The number of aromatic nitrogens is 2. The number of aromatic amines is 1. The van der Waals surface area contributed by atoms with Crippen LogP contribution in [0.1, 0.15) is 21.6 Å². The summed E-state index contributed by atoms with van der Waals surface area (Å²) in [6, 6.07) is 9.69. The standard InChI is InChI=1S/C17H21N3O3/c1-13-4-2-3-5-14(13)10-17(12-21)11-20(8-9-23-17)16(22)15-6-7-18-19-15/h2-7,21H,8-12H2,1H3,(H,18,19)/t17-/m0/s1. The van der Waals surface area contributed by atoms with Crippen LogP contribution in [-0.4, -0.2) is 58.0 Å². The Morgan fingerprint density at radius 2 is 2.26 bits per heavy atom. The maximum atomic E-state index is 12.5. The number of nitrogens with zero attached hydrogens (tertiary/aromatic N) is 2. The van der Waals surface area contributed by atoms with Crippen molar-refractivity contribution in [2.45, 2.75) is 18.9 Å². The molecule has 1 fully saturated rings. The lowest BCUT2D eigenvalue weighted by Gasteiger charge is -2.42. The average Bonchev–Trinajstić information content (AvgIpc) is 3.11. The topological polar surface area (TPSA) is 78.5 Å². The summed E-state index contributed by atoms with van der Waals surface area (Å²) in [5, 5.41) is 16.5. The number of aliphatic hydroxyl groups is 1. The number of H-pyrrole nitrogens is 1. The van der Waals surface area contributed by atoms with E-state index in [4.69, 9.17) is 4.74 Å². The van der Waals surface area contributed by atoms with Crippen LogP contribution in [0.5, 0.6) is 0 Å². The lowest BCUT2D eigenvalue weighted by atomic mass is 9.91. The fourth-order valence-corrected chi connectivity index (χ4v) is 2.98. The third-order valence-electron chi connectivity index (χ3n) is 4.33. The molecule has 0 unspecified atom stereocenters. The van der Waals surface area contributed by atoms with Gasteiger partial charge in [-0.3, -0.25) is 9.89 Å². The van der Waals surface area contributed by atoms with Crippen LogP contribution in [0.3, 0.4) is 0 Å². The number of morpholine rings is 1. The van der Waals surface area contributed by atoms with Gasteiger partial charge < -0.3 is 14.7 Å². The minimum Gasteiger partial charge on any atom is -0.393 e. The normalized spacial score (nSPS) is 21.4. The minimum absolute atomic E-state index is 0.117. The first-order chi connectivity index (χ1) is 11.1. The lowest BCUT2D eigenvalue weighted by Crippen LogP contribution is -2.57. The SMILES string of the molecule is Cc1ccccc1C[C@@]1(CO)CN(C(=O)c2ccn[nH]2)CCO1. The van der Waals surface area contributed by atoms with Gasteiger partial charge in [0, 0.05) is 19.2 Å². The summed E-state index contributed by atoms with van der Waals surface area (Å²) in [6.07, 6.45) is 2.13. The molecule has 2 heterocycles. The molecule has 1 amide bonds. The van der Waals surface area contributed by atoms with Gasteiger partial charge in [-0.15, -0.1) is 0 Å². The van der Waals surface area contributed by atoms with Crippen molar-refractivity contribution in [2.75, 3.05) is 26.3 Å². The quantitative estimate of drug-likeness (QED) is 0.887. The van der Waals surface area contributed by atoms with Gasteiger partial charge >= 0.3 is 0 Å². The monoisotopic (exact) mass is 315 g/mol. The number of ether oxygens (including phenoxy) is 1. The fourth-order valence-electron chi connectivity index (χ4n) is 2.98. The second-order valence-corrected chi connectivity index (χ2v) is 5.99. The number of amides is 1. The third-order valence-corrected chi connectivity index (χ3v) is 4.33. The maximum Gasteiger partial charge on any atom is 0.272 e. The molecule has 0 saturated carbocycles. The largest absolute Gasteiger partial charge is 0.393 e. The molecule has 2 aromatic rings. The number of hydrogen-bond acceptors (Lipinski definition) is 4. The first kappa shape index (κ1) is 15.7. The zero-order valence-electron chi connectivity index (χ0n) is 13.2. The van der Waals surface area contributed by atoms with Gasteiger partial charge in [0.1, 0.15) is 11.3 Å². The van der Waals surface area contributed by atoms with Crippen molar-refractivity contribution in [2.24, 2.45) is 0 Å². The van der Waals surface area contributed by atoms with Crippen molar-refractivity contribution >= 4 is 5.91 Å². The number of aliphatic hydroxyl groups excluding tert-OH is 1. The summed E-state index contributed by atoms with van der Waals surface area (Å²) in [6.45, 7) is 3.18. The van der Waals surface area contributed by atoms with E-state index >= 15 is 0 Å². The maximum absolute atomic E-state index is 12.5. The molecule has 23 heavy (non-hydrogen) atoms. The Morgan fingerprint density at radius 1 is 1.43 bits per heavy atom. The summed E-state index contributed by atoms with van der Waals surface area (Å²) < 4.78 is 5.90. The first-order valence-electron chi connectivity index (χ1n) is 7.71. The van der Waals surface area contributed by atoms with Crippen LogP contribution in [0, 0.1) is 6.92 Å². The molecule has 1 aromatic heterocycles. The van der Waals surface area contributed by atoms with Gasteiger partial charge in [0.05, 0.1) is 19.8 Å². The molecule has 1 saturated heterocycles. The first-order valence-corrected chi connectivity index (χ1v) is 7.71. The highest BCUT2D eigenvalue weighted by Gasteiger charge is 2.38. The molecule has 2 N–H and O–H groups in total. The Balaban J connectivity index is 1.79. The summed E-state index contributed by atoms with van der Waals surface area (Å²) in [5.74, 6) is -0.117. The highest BCUT2D eigenvalue weighted by atomic mass is 16.5. The second kappa shape index (κ2) is 6.52. The molecular formula is C17H21N3O3. The fraction of sp³-hybridized carbons (Fsp3) is 0.412. The molecule has 1 aromatic carbocycles. The van der Waals surface area contributed by atoms with E-state index in [1.165, 1.54) is 0 Å². The summed E-state index contributed by atoms with van der Waals surface area (Å²) in [7, 11) is 0. The molecule has 122 valence electrons. The van der Waals surface area contributed by atoms with Crippen molar-refractivity contribution in [3.63, 3.8) is 0 Å². The molecule has 0 aliphatic carbocycles. The Morgan fingerprint density at radius 3 is 2.96 bits per heavy atom. The molecule has 1 aliphatic heterocycles. The van der Waals surface area contributed by atoms with E-state index in [1.807, 2.05) is 31.2 Å². The van der Waals surface area contributed by atoms with E-state index in [0.29, 0.717) is 31.8 Å². The van der Waals surface area contributed by atoms with E-state index in [0.717, 1.165) is 11.1 Å². The van der Waals surface area contributed by atoms with Gasteiger partial charge in [0.2, 0.25) is 0 Å². The van der Waals surface area contributed by atoms with E-state index in [-0.39, 0.29) is 12.5 Å². The van der Waals surface area contributed by atoms with E-state index < -0.39 is 5.60 Å². The molecule has 1 atom stereocenters. The van der Waals surface area contributed by atoms with Gasteiger partial charge in [-0.25, -0.2) is 0 Å². The van der Waals surface area contributed by atoms with Gasteiger partial charge in [-0.1, -0.05) is 24.3 Å². The summed E-state index contributed by atoms with van der Waals surface area (Å²) >= 11 is 0. The van der Waals surface area contributed by atoms with Crippen molar-refractivity contribution in [1.29, 1.82) is 0 Å². The zero-order valence-corrected chi connectivity index (χ0v) is 13.2. The van der Waals surface area contributed by atoms with Crippen LogP contribution in [0.25, 0.3) is 0 Å². The van der Waals surface area contributed by atoms with E-state index in [9.17, 15) is 9.90 Å². The Labute approximate surface area is 135 Å². The molecule has 0 radical (unpaired) electrons. The summed E-state index contributed by atoms with van der Waals surface area (Å²) in [4.78, 5) is 14.2. The number of carbonyl (C=O) groups is 1. The predicted molar refractivity (Wildman–Crippen MR) is 85.1 cm³/mol. The number of nitrogens with one attached hydrogen (secondary N) is 1. The van der Waals surface area contributed by atoms with Crippen LogP contribution < -0.4 is 0 Å². The predicted octanol–water partition coefficient (Wildman–Crippen LogP) is 1.16. The van der Waals surface area contributed by atoms with Gasteiger partial charge in [-0.05, 0) is 24.1 Å². The van der Waals surface area contributed by atoms with Crippen LogP contribution in [0.2, 0.25) is 0 Å². The number of carbonyl (C=O) groups excluding carboxylic acids is 1. The second-order valence-electron chi connectivity index (χ2n) is 5.99. The van der Waals surface area contributed by atoms with Crippen LogP contribution in [0.4, 0.5) is 0 Å². The van der Waals surface area contributed by atoms with Gasteiger partial charge in [0.15, 0.2) is 0 Å². The Kier molecular flexibility index (Phi) is 4.45. The van der Waals surface area contributed by atoms with Crippen molar-refractivity contribution in [1.82, 2.24) is 15.1 Å². The lowest BCUT2D eigenvalue weighted by molar-refractivity contribution is -0.123.